The summed E-state index contributed by atoms with van der Waals surface area (Å²) in [4.78, 5) is 23.4. The first-order valence-corrected chi connectivity index (χ1v) is 9.53. The fourth-order valence-electron chi connectivity index (χ4n) is 2.94. The van der Waals surface area contributed by atoms with Gasteiger partial charge in [-0.2, -0.15) is 0 Å². The van der Waals surface area contributed by atoms with E-state index in [1.54, 1.807) is 13.0 Å². The van der Waals surface area contributed by atoms with E-state index in [1.165, 1.54) is 24.3 Å². The highest BCUT2D eigenvalue weighted by Gasteiger charge is 2.12. The average molecular weight is 393 g/mol. The Labute approximate surface area is 169 Å². The maximum atomic E-state index is 13.0. The van der Waals surface area contributed by atoms with E-state index in [-0.39, 0.29) is 17.4 Å². The molecule has 0 radical (unpaired) electrons. The van der Waals surface area contributed by atoms with E-state index in [9.17, 15) is 9.18 Å². The van der Waals surface area contributed by atoms with Gasteiger partial charge < -0.3 is 15.5 Å². The molecule has 1 aromatic heterocycles. The molecule has 0 saturated heterocycles. The molecule has 7 heteroatoms. The lowest BCUT2D eigenvalue weighted by atomic mass is 10.2. The Hall–Kier alpha value is -3.48. The van der Waals surface area contributed by atoms with Gasteiger partial charge in [0.25, 0.3) is 5.91 Å². The van der Waals surface area contributed by atoms with E-state index in [4.69, 9.17) is 0 Å². The van der Waals surface area contributed by atoms with E-state index < -0.39 is 0 Å². The van der Waals surface area contributed by atoms with Crippen LogP contribution in [0.2, 0.25) is 0 Å². The highest BCUT2D eigenvalue weighted by atomic mass is 19.1. The molecule has 0 unspecified atom stereocenters. The third-order valence-electron chi connectivity index (χ3n) is 4.44. The van der Waals surface area contributed by atoms with Crippen LogP contribution in [0.4, 0.5) is 27.4 Å². The number of hydrogen-bond acceptors (Lipinski definition) is 5. The monoisotopic (exact) mass is 393 g/mol. The number of halogens is 1. The molecule has 2 aromatic carbocycles. The summed E-state index contributed by atoms with van der Waals surface area (Å²) in [6, 6.07) is 15.2. The Bertz CT molecular complexity index is 969. The summed E-state index contributed by atoms with van der Waals surface area (Å²) in [6.45, 7) is 7.92. The SMILES string of the molecule is CCN(CC)c1ccc(Nc2nc(C)cc(C(=O)Nc3ccc(F)cc3)n2)cc1. The molecule has 3 aromatic rings. The van der Waals surface area contributed by atoms with E-state index in [1.807, 2.05) is 24.3 Å². The van der Waals surface area contributed by atoms with Crippen molar-refractivity contribution in [2.24, 2.45) is 0 Å². The molecule has 2 N–H and O–H groups in total. The third-order valence-corrected chi connectivity index (χ3v) is 4.44. The fraction of sp³-hybridized carbons (Fsp3) is 0.227. The first kappa shape index (κ1) is 20.3. The predicted octanol–water partition coefficient (Wildman–Crippen LogP) is 4.77. The van der Waals surface area contributed by atoms with Gasteiger partial charge in [0.05, 0.1) is 0 Å². The minimum atomic E-state index is -0.387. The predicted molar refractivity (Wildman–Crippen MR) is 114 cm³/mol. The molecule has 0 bridgehead atoms. The summed E-state index contributed by atoms with van der Waals surface area (Å²) < 4.78 is 13.0. The van der Waals surface area contributed by atoms with Crippen molar-refractivity contribution in [3.63, 3.8) is 0 Å². The number of amides is 1. The van der Waals surface area contributed by atoms with Crippen molar-refractivity contribution in [2.45, 2.75) is 20.8 Å². The van der Waals surface area contributed by atoms with Gasteiger partial charge in [-0.05, 0) is 75.4 Å². The van der Waals surface area contributed by atoms with E-state index in [2.05, 4.69) is 39.3 Å². The Balaban J connectivity index is 1.74. The molecule has 0 fully saturated rings. The van der Waals surface area contributed by atoms with Gasteiger partial charge in [-0.3, -0.25) is 4.79 Å². The van der Waals surface area contributed by atoms with Gasteiger partial charge in [-0.1, -0.05) is 0 Å². The number of nitrogens with zero attached hydrogens (tertiary/aromatic N) is 3. The molecule has 0 aliphatic heterocycles. The molecule has 29 heavy (non-hydrogen) atoms. The van der Waals surface area contributed by atoms with Gasteiger partial charge in [0.1, 0.15) is 11.5 Å². The van der Waals surface area contributed by atoms with Crippen LogP contribution < -0.4 is 15.5 Å². The number of rotatable bonds is 7. The van der Waals surface area contributed by atoms with Crippen LogP contribution in [0.3, 0.4) is 0 Å². The number of carbonyl (C=O) groups is 1. The average Bonchev–Trinajstić information content (AvgIpc) is 2.71. The molecule has 0 aliphatic carbocycles. The van der Waals surface area contributed by atoms with Crippen molar-refractivity contribution < 1.29 is 9.18 Å². The number of carbonyl (C=O) groups excluding carboxylic acids is 1. The standard InChI is InChI=1S/C22H24FN5O/c1-4-28(5-2)19-12-10-18(11-13-19)26-22-24-15(3)14-20(27-22)21(29)25-17-8-6-16(23)7-9-17/h6-14H,4-5H2,1-3H3,(H,25,29)(H,24,26,27). The zero-order valence-corrected chi connectivity index (χ0v) is 16.7. The number of hydrogen-bond donors (Lipinski definition) is 2. The van der Waals surface area contributed by atoms with Crippen molar-refractivity contribution in [1.29, 1.82) is 0 Å². The van der Waals surface area contributed by atoms with Gasteiger partial charge in [0.15, 0.2) is 0 Å². The van der Waals surface area contributed by atoms with Gasteiger partial charge in [-0.15, -0.1) is 0 Å². The molecule has 3 rings (SSSR count). The van der Waals surface area contributed by atoms with Gasteiger partial charge >= 0.3 is 0 Å². The zero-order chi connectivity index (χ0) is 20.8. The number of anilines is 4. The lowest BCUT2D eigenvalue weighted by Crippen LogP contribution is -2.21. The maximum Gasteiger partial charge on any atom is 0.274 e. The van der Waals surface area contributed by atoms with Gasteiger partial charge in [-0.25, -0.2) is 14.4 Å². The number of aryl methyl sites for hydroxylation is 1. The summed E-state index contributed by atoms with van der Waals surface area (Å²) in [5, 5.41) is 5.85. The Morgan fingerprint density at radius 2 is 1.59 bits per heavy atom. The zero-order valence-electron chi connectivity index (χ0n) is 16.7. The smallest absolute Gasteiger partial charge is 0.274 e. The molecule has 0 saturated carbocycles. The summed E-state index contributed by atoms with van der Waals surface area (Å²) in [6.07, 6.45) is 0. The van der Waals surface area contributed by atoms with Crippen molar-refractivity contribution in [3.05, 3.63) is 71.8 Å². The largest absolute Gasteiger partial charge is 0.372 e. The summed E-state index contributed by atoms with van der Waals surface area (Å²) in [7, 11) is 0. The second-order valence-corrected chi connectivity index (χ2v) is 6.52. The molecule has 0 spiro atoms. The summed E-state index contributed by atoms with van der Waals surface area (Å²) in [5.41, 5.74) is 3.35. The molecule has 150 valence electrons. The first-order valence-electron chi connectivity index (χ1n) is 9.53. The Kier molecular flexibility index (Phi) is 6.39. The topological polar surface area (TPSA) is 70.2 Å². The van der Waals surface area contributed by atoms with Crippen molar-refractivity contribution in [2.75, 3.05) is 28.6 Å². The summed E-state index contributed by atoms with van der Waals surface area (Å²) >= 11 is 0. The minimum Gasteiger partial charge on any atom is -0.372 e. The van der Waals surface area contributed by atoms with Crippen LogP contribution in [-0.2, 0) is 0 Å². The fourth-order valence-corrected chi connectivity index (χ4v) is 2.94. The number of nitrogens with one attached hydrogen (secondary N) is 2. The van der Waals surface area contributed by atoms with Crippen molar-refractivity contribution >= 4 is 28.9 Å². The van der Waals surface area contributed by atoms with Gasteiger partial charge in [0.2, 0.25) is 5.95 Å². The Morgan fingerprint density at radius 1 is 0.966 bits per heavy atom. The highest BCUT2D eigenvalue weighted by Crippen LogP contribution is 2.20. The number of aromatic nitrogens is 2. The van der Waals surface area contributed by atoms with Crippen molar-refractivity contribution in [1.82, 2.24) is 9.97 Å². The molecule has 0 atom stereocenters. The van der Waals surface area contributed by atoms with Gasteiger partial charge in [0, 0.05) is 35.8 Å². The quantitative estimate of drug-likeness (QED) is 0.605. The lowest BCUT2D eigenvalue weighted by molar-refractivity contribution is 0.102. The molecule has 1 heterocycles. The highest BCUT2D eigenvalue weighted by molar-refractivity contribution is 6.03. The molecular weight excluding hydrogens is 369 g/mol. The molecule has 0 aliphatic rings. The molecule has 1 amide bonds. The second-order valence-electron chi connectivity index (χ2n) is 6.52. The van der Waals surface area contributed by atoms with Crippen LogP contribution in [0, 0.1) is 12.7 Å². The van der Waals surface area contributed by atoms with Crippen LogP contribution >= 0.6 is 0 Å². The normalized spacial score (nSPS) is 10.5. The van der Waals surface area contributed by atoms with Crippen LogP contribution in [-0.4, -0.2) is 29.0 Å². The molecule has 6 nitrogen and oxygen atoms in total. The van der Waals surface area contributed by atoms with Crippen LogP contribution in [0.5, 0.6) is 0 Å². The van der Waals surface area contributed by atoms with E-state index in [0.29, 0.717) is 17.3 Å². The first-order chi connectivity index (χ1) is 14.0. The second kappa shape index (κ2) is 9.14. The van der Waals surface area contributed by atoms with Crippen LogP contribution in [0.1, 0.15) is 30.0 Å². The van der Waals surface area contributed by atoms with Crippen molar-refractivity contribution in [3.8, 4) is 0 Å². The maximum absolute atomic E-state index is 13.0. The minimum absolute atomic E-state index is 0.226. The van der Waals surface area contributed by atoms with E-state index in [0.717, 1.165) is 24.5 Å². The van der Waals surface area contributed by atoms with E-state index >= 15 is 0 Å². The lowest BCUT2D eigenvalue weighted by Gasteiger charge is -2.21. The Morgan fingerprint density at radius 3 is 2.21 bits per heavy atom. The number of benzene rings is 2. The summed E-state index contributed by atoms with van der Waals surface area (Å²) in [5.74, 6) is -0.411. The third kappa shape index (κ3) is 5.28. The molecular formula is C22H24FN5O. The van der Waals surface area contributed by atoms with Crippen LogP contribution in [0.15, 0.2) is 54.6 Å². The van der Waals surface area contributed by atoms with Crippen LogP contribution in [0.25, 0.3) is 0 Å².